The van der Waals surface area contributed by atoms with Crippen LogP contribution in [0.15, 0.2) is 0 Å². The van der Waals surface area contributed by atoms with Crippen molar-refractivity contribution >= 4 is 0 Å². The molecule has 0 amide bonds. The third-order valence-corrected chi connectivity index (χ3v) is 6.60. The Labute approximate surface area is 109 Å². The molecule has 100 valence electrons. The van der Waals surface area contributed by atoms with Crippen LogP contribution in [0.2, 0.25) is 0 Å². The number of hydrogen-bond donors (Lipinski definition) is 2. The first-order chi connectivity index (χ1) is 8.93. The molecular weight excluding hydrogens is 224 g/mol. The lowest BCUT2D eigenvalue weighted by Crippen LogP contribution is -2.59. The van der Waals surface area contributed by atoms with Gasteiger partial charge in [0.2, 0.25) is 0 Å². The highest BCUT2D eigenvalue weighted by molar-refractivity contribution is 5.06. The predicted molar refractivity (Wildman–Crippen MR) is 69.2 cm³/mol. The van der Waals surface area contributed by atoms with E-state index in [1.54, 1.807) is 0 Å². The quantitative estimate of drug-likeness (QED) is 0.663. The second-order valence-electron chi connectivity index (χ2n) is 7.06. The van der Waals surface area contributed by atoms with Crippen molar-refractivity contribution in [2.45, 2.75) is 44.3 Å². The van der Waals surface area contributed by atoms with Crippen molar-refractivity contribution in [2.24, 2.45) is 23.7 Å². The average Bonchev–Trinajstić information content (AvgIpc) is 2.94. The normalized spacial score (nSPS) is 55.3. The van der Waals surface area contributed by atoms with E-state index >= 15 is 0 Å². The monoisotopic (exact) mass is 248 g/mol. The molecule has 4 heteroatoms. The minimum atomic E-state index is 0.701. The Kier molecular flexibility index (Phi) is 2.17. The van der Waals surface area contributed by atoms with Gasteiger partial charge in [0.1, 0.15) is 0 Å². The molecule has 3 heterocycles. The van der Waals surface area contributed by atoms with Crippen LogP contribution >= 0.6 is 0 Å². The van der Waals surface area contributed by atoms with Gasteiger partial charge in [0.05, 0.1) is 19.5 Å². The van der Waals surface area contributed by atoms with E-state index in [4.69, 9.17) is 0 Å². The highest BCUT2D eigenvalue weighted by Gasteiger charge is 2.57. The number of hydrazine groups is 1. The Hall–Kier alpha value is -0.160. The molecule has 3 saturated heterocycles. The lowest BCUT2D eigenvalue weighted by Gasteiger charge is -2.46. The minimum Gasteiger partial charge on any atom is -0.303 e. The summed E-state index contributed by atoms with van der Waals surface area (Å²) in [5, 5.41) is 6.13. The van der Waals surface area contributed by atoms with Gasteiger partial charge in [-0.1, -0.05) is 6.42 Å². The Morgan fingerprint density at radius 3 is 2.56 bits per heavy atom. The van der Waals surface area contributed by atoms with Crippen molar-refractivity contribution in [3.63, 3.8) is 0 Å². The second-order valence-corrected chi connectivity index (χ2v) is 7.06. The van der Waals surface area contributed by atoms with Gasteiger partial charge in [-0.15, -0.1) is 0 Å². The van der Waals surface area contributed by atoms with Crippen molar-refractivity contribution in [1.82, 2.24) is 20.7 Å². The number of hydrogen-bond acceptors (Lipinski definition) is 4. The summed E-state index contributed by atoms with van der Waals surface area (Å²) in [5.41, 5.74) is 3.62. The highest BCUT2D eigenvalue weighted by atomic mass is 15.7. The third kappa shape index (κ3) is 1.20. The standard InChI is InChI=1S/C14H24N4/c1-2-9-10(3-1)12-6-15-7-18-14(12)17(8-16-18)13-5-4-11(9)13/h9-16H,1-8H2. The van der Waals surface area contributed by atoms with E-state index in [2.05, 4.69) is 20.7 Å². The van der Waals surface area contributed by atoms with Crippen molar-refractivity contribution < 1.29 is 0 Å². The van der Waals surface area contributed by atoms with Gasteiger partial charge in [-0.3, -0.25) is 4.90 Å². The summed E-state index contributed by atoms with van der Waals surface area (Å²) in [7, 11) is 0. The molecule has 0 bridgehead atoms. The second kappa shape index (κ2) is 3.69. The number of nitrogens with zero attached hydrogens (tertiary/aromatic N) is 2. The first-order valence-electron chi connectivity index (χ1n) is 7.90. The van der Waals surface area contributed by atoms with Crippen molar-refractivity contribution in [3.8, 4) is 0 Å². The van der Waals surface area contributed by atoms with Gasteiger partial charge in [-0.25, -0.2) is 10.4 Å². The fourth-order valence-electron chi connectivity index (χ4n) is 5.81. The van der Waals surface area contributed by atoms with E-state index in [9.17, 15) is 0 Å². The van der Waals surface area contributed by atoms with Gasteiger partial charge in [0.25, 0.3) is 0 Å². The summed E-state index contributed by atoms with van der Waals surface area (Å²) in [5.74, 6) is 3.96. The third-order valence-electron chi connectivity index (χ3n) is 6.60. The van der Waals surface area contributed by atoms with Crippen LogP contribution in [0.4, 0.5) is 0 Å². The predicted octanol–water partition coefficient (Wildman–Crippen LogP) is 0.778. The van der Waals surface area contributed by atoms with Crippen molar-refractivity contribution in [2.75, 3.05) is 19.9 Å². The Balaban J connectivity index is 1.57. The van der Waals surface area contributed by atoms with Crippen LogP contribution in [-0.4, -0.2) is 42.0 Å². The van der Waals surface area contributed by atoms with Crippen LogP contribution in [0.3, 0.4) is 0 Å². The maximum absolute atomic E-state index is 3.64. The molecule has 5 rings (SSSR count). The van der Waals surface area contributed by atoms with Crippen LogP contribution in [0.5, 0.6) is 0 Å². The van der Waals surface area contributed by atoms with Gasteiger partial charge in [-0.05, 0) is 43.4 Å². The molecule has 6 unspecified atom stereocenters. The van der Waals surface area contributed by atoms with Gasteiger partial charge in [-0.2, -0.15) is 0 Å². The Bertz CT molecular complexity index is 360. The maximum Gasteiger partial charge on any atom is 0.0829 e. The van der Waals surface area contributed by atoms with E-state index in [0.717, 1.165) is 43.1 Å². The van der Waals surface area contributed by atoms with Crippen LogP contribution in [0, 0.1) is 23.7 Å². The van der Waals surface area contributed by atoms with Crippen molar-refractivity contribution in [1.29, 1.82) is 0 Å². The zero-order chi connectivity index (χ0) is 11.7. The largest absolute Gasteiger partial charge is 0.303 e. The molecule has 0 spiro atoms. The van der Waals surface area contributed by atoms with E-state index < -0.39 is 0 Å². The summed E-state index contributed by atoms with van der Waals surface area (Å²) < 4.78 is 0. The van der Waals surface area contributed by atoms with Crippen molar-refractivity contribution in [3.05, 3.63) is 0 Å². The first-order valence-corrected chi connectivity index (χ1v) is 7.90. The number of fused-ring (bicyclic) bond motifs is 5. The molecule has 6 atom stereocenters. The fourth-order valence-corrected chi connectivity index (χ4v) is 5.81. The number of nitrogens with one attached hydrogen (secondary N) is 2. The highest BCUT2D eigenvalue weighted by Crippen LogP contribution is 2.54. The summed E-state index contributed by atoms with van der Waals surface area (Å²) in [6.07, 6.45) is 8.19. The summed E-state index contributed by atoms with van der Waals surface area (Å²) in [6.45, 7) is 3.38. The zero-order valence-corrected chi connectivity index (χ0v) is 11.0. The molecule has 2 saturated carbocycles. The topological polar surface area (TPSA) is 30.5 Å². The maximum atomic E-state index is 3.64. The molecule has 5 aliphatic rings. The molecule has 5 fully saturated rings. The van der Waals surface area contributed by atoms with E-state index in [0.29, 0.717) is 6.17 Å². The van der Waals surface area contributed by atoms with Gasteiger partial charge in [0, 0.05) is 18.5 Å². The molecule has 0 aromatic carbocycles. The van der Waals surface area contributed by atoms with Crippen LogP contribution in [-0.2, 0) is 0 Å². The smallest absolute Gasteiger partial charge is 0.0829 e. The Morgan fingerprint density at radius 1 is 0.833 bits per heavy atom. The van der Waals surface area contributed by atoms with Crippen LogP contribution in [0.1, 0.15) is 32.1 Å². The molecule has 0 radical (unpaired) electrons. The van der Waals surface area contributed by atoms with Gasteiger partial charge in [0.15, 0.2) is 0 Å². The zero-order valence-electron chi connectivity index (χ0n) is 11.0. The van der Waals surface area contributed by atoms with E-state index in [-0.39, 0.29) is 0 Å². The average molecular weight is 248 g/mol. The van der Waals surface area contributed by atoms with E-state index in [1.165, 1.54) is 38.6 Å². The Morgan fingerprint density at radius 2 is 1.72 bits per heavy atom. The first kappa shape index (κ1) is 10.6. The molecule has 18 heavy (non-hydrogen) atoms. The molecule has 0 aromatic rings. The molecule has 3 aliphatic heterocycles. The van der Waals surface area contributed by atoms with Crippen LogP contribution < -0.4 is 10.7 Å². The molecule has 2 N–H and O–H groups in total. The molecule has 4 nitrogen and oxygen atoms in total. The summed E-state index contributed by atoms with van der Waals surface area (Å²) >= 11 is 0. The summed E-state index contributed by atoms with van der Waals surface area (Å²) in [6, 6.07) is 0.904. The summed E-state index contributed by atoms with van der Waals surface area (Å²) in [4.78, 5) is 2.82. The van der Waals surface area contributed by atoms with Gasteiger partial charge >= 0.3 is 0 Å². The van der Waals surface area contributed by atoms with Gasteiger partial charge < -0.3 is 5.32 Å². The lowest BCUT2D eigenvalue weighted by atomic mass is 9.67. The molecule has 2 aliphatic carbocycles. The number of rotatable bonds is 0. The molecular formula is C14H24N4. The molecule has 0 aromatic heterocycles. The van der Waals surface area contributed by atoms with E-state index in [1.807, 2.05) is 0 Å². The fraction of sp³-hybridized carbons (Fsp3) is 1.00. The lowest BCUT2D eigenvalue weighted by molar-refractivity contribution is -0.0183. The van der Waals surface area contributed by atoms with Crippen LogP contribution in [0.25, 0.3) is 0 Å². The SMILES string of the molecule is C1CC2C(C1)C1CNCN3NCN(C4CCC24)C13. The minimum absolute atomic E-state index is 0.701.